The van der Waals surface area contributed by atoms with Gasteiger partial charge < -0.3 is 23.6 Å². The standard InChI is InChI=1S/C32H38FN3O7Si/c1-19-30(44(3,4)33)26(16-27(39)34-14-8-11-23(34)18-37)43-32(19)24-15-22(36-28(40)17-29(36)42-20(2)38)12-13-25(24)35(31(32)41)21-9-6-5-7-10-21/h5-7,9-10,12-13,15,19,23,26,29-30,37H,8,11,14,16-18H2,1-4H3/t19-,23-,26+,29?,30-,32+/m0/s1. The molecule has 6 atom stereocenters. The van der Waals surface area contributed by atoms with Gasteiger partial charge in [-0.1, -0.05) is 25.1 Å². The summed E-state index contributed by atoms with van der Waals surface area (Å²) in [5.74, 6) is -2.02. The van der Waals surface area contributed by atoms with Crippen LogP contribution in [0.2, 0.25) is 18.6 Å². The Morgan fingerprint density at radius 2 is 1.86 bits per heavy atom. The SMILES string of the molecule is CC(=O)OC1CC(=O)N1c1ccc2c(c1)[C@@]1(O[C@H](CC(=O)N3CCC[C@H]3CO)[C@@H]([Si](C)(C)F)[C@@H]1C)C(=O)N2c1ccccc1. The largest absolute Gasteiger partial charge is 0.441 e. The lowest BCUT2D eigenvalue weighted by Gasteiger charge is -2.39. The minimum atomic E-state index is -3.54. The molecule has 1 N–H and O–H groups in total. The van der Waals surface area contributed by atoms with Crippen LogP contribution in [0, 0.1) is 5.92 Å². The number of aliphatic hydroxyl groups is 1. The third-order valence-corrected chi connectivity index (χ3v) is 12.1. The van der Waals surface area contributed by atoms with Crippen molar-refractivity contribution in [2.45, 2.75) is 82.1 Å². The lowest BCUT2D eigenvalue weighted by atomic mass is 9.82. The molecular formula is C32H38FN3O7Si. The molecule has 0 saturated carbocycles. The fourth-order valence-electron chi connectivity index (χ4n) is 7.77. The molecule has 0 aliphatic carbocycles. The number of ether oxygens (including phenoxy) is 2. The Balaban J connectivity index is 1.45. The van der Waals surface area contributed by atoms with E-state index in [9.17, 15) is 24.3 Å². The number of aliphatic hydroxyl groups excluding tert-OH is 1. The average Bonchev–Trinajstić information content (AvgIpc) is 3.62. The molecule has 12 heteroatoms. The fraction of sp³-hybridized carbons (Fsp3) is 0.500. The van der Waals surface area contributed by atoms with Crippen molar-refractivity contribution in [3.05, 3.63) is 54.1 Å². The molecule has 3 fully saturated rings. The molecule has 1 spiro atoms. The van der Waals surface area contributed by atoms with Crippen molar-refractivity contribution in [3.8, 4) is 0 Å². The smallest absolute Gasteiger partial charge is 0.304 e. The van der Waals surface area contributed by atoms with Crippen LogP contribution in [0.25, 0.3) is 0 Å². The van der Waals surface area contributed by atoms with Crippen LogP contribution in [0.15, 0.2) is 48.5 Å². The molecular weight excluding hydrogens is 585 g/mol. The van der Waals surface area contributed by atoms with E-state index in [1.807, 2.05) is 25.1 Å². The Labute approximate surface area is 256 Å². The first-order chi connectivity index (χ1) is 20.9. The number of fused-ring (bicyclic) bond motifs is 2. The number of hydrogen-bond donors (Lipinski definition) is 1. The van der Waals surface area contributed by atoms with E-state index in [0.717, 1.165) is 6.42 Å². The summed E-state index contributed by atoms with van der Waals surface area (Å²) in [5, 5.41) is 9.82. The van der Waals surface area contributed by atoms with Crippen molar-refractivity contribution < 1.29 is 37.9 Å². The molecule has 0 aromatic heterocycles. The Hall–Kier alpha value is -3.61. The first-order valence-corrected chi connectivity index (χ1v) is 18.1. The van der Waals surface area contributed by atoms with Gasteiger partial charge in [-0.15, -0.1) is 0 Å². The molecule has 10 nitrogen and oxygen atoms in total. The van der Waals surface area contributed by atoms with Gasteiger partial charge in [0.05, 0.1) is 37.3 Å². The zero-order valence-electron chi connectivity index (χ0n) is 25.4. The van der Waals surface area contributed by atoms with Crippen LogP contribution in [0.3, 0.4) is 0 Å². The summed E-state index contributed by atoms with van der Waals surface area (Å²) < 4.78 is 28.4. The van der Waals surface area contributed by atoms with E-state index in [4.69, 9.17) is 9.47 Å². The van der Waals surface area contributed by atoms with Gasteiger partial charge in [-0.05, 0) is 56.3 Å². The molecule has 1 unspecified atom stereocenters. The quantitative estimate of drug-likeness (QED) is 0.213. The summed E-state index contributed by atoms with van der Waals surface area (Å²) >= 11 is 0. The van der Waals surface area contributed by atoms with Crippen LogP contribution in [0.1, 0.15) is 45.1 Å². The van der Waals surface area contributed by atoms with Crippen molar-refractivity contribution in [1.82, 2.24) is 4.90 Å². The van der Waals surface area contributed by atoms with E-state index in [1.165, 1.54) is 11.8 Å². The number of carbonyl (C=O) groups is 4. The van der Waals surface area contributed by atoms with Crippen LogP contribution >= 0.6 is 0 Å². The maximum Gasteiger partial charge on any atom is 0.304 e. The molecule has 4 heterocycles. The summed E-state index contributed by atoms with van der Waals surface area (Å²) in [5.41, 5.74) is -0.271. The second kappa shape index (κ2) is 11.1. The number of halogens is 1. The Bertz CT molecular complexity index is 1500. The normalized spacial score (nSPS) is 29.8. The number of carbonyl (C=O) groups excluding carboxylic acids is 4. The third kappa shape index (κ3) is 4.74. The Morgan fingerprint density at radius 3 is 2.50 bits per heavy atom. The Morgan fingerprint density at radius 1 is 1.14 bits per heavy atom. The highest BCUT2D eigenvalue weighted by Crippen LogP contribution is 2.61. The zero-order chi connectivity index (χ0) is 31.6. The minimum Gasteiger partial charge on any atom is -0.441 e. The number of esters is 1. The van der Waals surface area contributed by atoms with Crippen molar-refractivity contribution in [3.63, 3.8) is 0 Å². The monoisotopic (exact) mass is 623 g/mol. The van der Waals surface area contributed by atoms with E-state index in [-0.39, 0.29) is 43.2 Å². The second-order valence-electron chi connectivity index (χ2n) is 12.8. The van der Waals surface area contributed by atoms with Crippen LogP contribution in [0.5, 0.6) is 0 Å². The predicted molar refractivity (Wildman–Crippen MR) is 162 cm³/mol. The molecule has 3 amide bonds. The van der Waals surface area contributed by atoms with E-state index in [1.54, 1.807) is 53.2 Å². The van der Waals surface area contributed by atoms with Crippen molar-refractivity contribution in [2.24, 2.45) is 5.92 Å². The maximum absolute atomic E-state index is 16.3. The molecule has 2 aromatic rings. The summed E-state index contributed by atoms with van der Waals surface area (Å²) in [6.07, 6.45) is -0.234. The second-order valence-corrected chi connectivity index (χ2v) is 16.5. The highest BCUT2D eigenvalue weighted by molar-refractivity contribution is 6.72. The van der Waals surface area contributed by atoms with Crippen molar-refractivity contribution >= 4 is 49.2 Å². The predicted octanol–water partition coefficient (Wildman–Crippen LogP) is 4.14. The van der Waals surface area contributed by atoms with Gasteiger partial charge in [0.15, 0.2) is 11.8 Å². The number of β-lactam (4-membered cyclic amide) rings is 1. The molecule has 3 saturated heterocycles. The molecule has 4 aliphatic heterocycles. The van der Waals surface area contributed by atoms with E-state index in [0.29, 0.717) is 35.6 Å². The lowest BCUT2D eigenvalue weighted by molar-refractivity contribution is -0.154. The molecule has 234 valence electrons. The molecule has 2 aromatic carbocycles. The third-order valence-electron chi connectivity index (χ3n) is 9.64. The van der Waals surface area contributed by atoms with Gasteiger partial charge >= 0.3 is 5.97 Å². The summed E-state index contributed by atoms with van der Waals surface area (Å²) in [4.78, 5) is 57.3. The highest BCUT2D eigenvalue weighted by Gasteiger charge is 2.67. The van der Waals surface area contributed by atoms with Gasteiger partial charge in [0.1, 0.15) is 0 Å². The molecule has 6 rings (SSSR count). The number of benzene rings is 2. The topological polar surface area (TPSA) is 117 Å². The van der Waals surface area contributed by atoms with Crippen LogP contribution < -0.4 is 9.80 Å². The van der Waals surface area contributed by atoms with Crippen molar-refractivity contribution in [2.75, 3.05) is 23.0 Å². The molecule has 44 heavy (non-hydrogen) atoms. The zero-order valence-corrected chi connectivity index (χ0v) is 26.4. The summed E-state index contributed by atoms with van der Waals surface area (Å²) in [6.45, 7) is 6.62. The first kappa shape index (κ1) is 30.4. The van der Waals surface area contributed by atoms with Gasteiger partial charge in [0.25, 0.3) is 5.91 Å². The number of anilines is 3. The number of amides is 3. The Kier molecular flexibility index (Phi) is 7.66. The summed E-state index contributed by atoms with van der Waals surface area (Å²) in [7, 11) is -3.54. The van der Waals surface area contributed by atoms with Crippen LogP contribution in [-0.4, -0.2) is 73.6 Å². The number of likely N-dealkylation sites (tertiary alicyclic amines) is 1. The highest BCUT2D eigenvalue weighted by atomic mass is 28.4. The van der Waals surface area contributed by atoms with Crippen LogP contribution in [-0.2, 0) is 34.3 Å². The minimum absolute atomic E-state index is 0.0447. The van der Waals surface area contributed by atoms with E-state index in [2.05, 4.69) is 0 Å². The number of nitrogens with zero attached hydrogens (tertiary/aromatic N) is 3. The summed E-state index contributed by atoms with van der Waals surface area (Å²) in [6, 6.07) is 13.9. The maximum atomic E-state index is 16.3. The number of para-hydroxylation sites is 1. The number of rotatable bonds is 7. The van der Waals surface area contributed by atoms with Gasteiger partial charge in [0.2, 0.25) is 20.2 Å². The fourth-order valence-corrected chi connectivity index (χ4v) is 10.3. The van der Waals surface area contributed by atoms with Crippen LogP contribution in [0.4, 0.5) is 21.2 Å². The van der Waals surface area contributed by atoms with Gasteiger partial charge in [-0.25, -0.2) is 0 Å². The van der Waals surface area contributed by atoms with E-state index >= 15 is 4.11 Å². The first-order valence-electron chi connectivity index (χ1n) is 15.2. The molecule has 0 radical (unpaired) electrons. The lowest BCUT2D eigenvalue weighted by Crippen LogP contribution is -2.55. The van der Waals surface area contributed by atoms with E-state index < -0.39 is 43.8 Å². The average molecular weight is 624 g/mol. The molecule has 4 aliphatic rings. The van der Waals surface area contributed by atoms with Gasteiger partial charge in [0, 0.05) is 41.9 Å². The van der Waals surface area contributed by atoms with Gasteiger partial charge in [-0.2, -0.15) is 0 Å². The van der Waals surface area contributed by atoms with Crippen molar-refractivity contribution in [1.29, 1.82) is 0 Å². The number of hydrogen-bond acceptors (Lipinski definition) is 7. The van der Waals surface area contributed by atoms with Gasteiger partial charge in [-0.3, -0.25) is 29.0 Å². The molecule has 0 bridgehead atoms.